The Morgan fingerprint density at radius 2 is 1.52 bits per heavy atom. The Hall–Kier alpha value is -1.71. The molecule has 1 heterocycles. The first-order valence-electron chi connectivity index (χ1n) is 8.30. The van der Waals surface area contributed by atoms with Gasteiger partial charge in [0.1, 0.15) is 0 Å². The summed E-state index contributed by atoms with van der Waals surface area (Å²) in [5.41, 5.74) is 9.97. The molecule has 2 N–H and O–H groups in total. The Morgan fingerprint density at radius 3 is 2.22 bits per heavy atom. The van der Waals surface area contributed by atoms with Crippen molar-refractivity contribution >= 4 is 17.4 Å². The fourth-order valence-corrected chi connectivity index (χ4v) is 4.32. The van der Waals surface area contributed by atoms with Crippen LogP contribution in [0.2, 0.25) is 0 Å². The molecular formula is C20H24N2S. The van der Waals surface area contributed by atoms with E-state index in [2.05, 4.69) is 29.2 Å². The van der Waals surface area contributed by atoms with Gasteiger partial charge in [-0.15, -0.1) is 11.8 Å². The van der Waals surface area contributed by atoms with Gasteiger partial charge < -0.3 is 10.6 Å². The summed E-state index contributed by atoms with van der Waals surface area (Å²) in [4.78, 5) is 4.09. The minimum Gasteiger partial charge on any atom is -0.334 e. The predicted molar refractivity (Wildman–Crippen MR) is 101 cm³/mol. The number of para-hydroxylation sites is 1. The lowest BCUT2D eigenvalue weighted by atomic mass is 10.0. The highest BCUT2D eigenvalue weighted by Crippen LogP contribution is 2.43. The molecule has 2 nitrogen and oxygen atoms in total. The van der Waals surface area contributed by atoms with Crippen molar-refractivity contribution in [2.45, 2.75) is 32.2 Å². The van der Waals surface area contributed by atoms with Crippen LogP contribution in [-0.2, 0) is 6.54 Å². The van der Waals surface area contributed by atoms with Crippen LogP contribution < -0.4 is 10.6 Å². The summed E-state index contributed by atoms with van der Waals surface area (Å²) < 4.78 is 0. The number of anilines is 1. The van der Waals surface area contributed by atoms with E-state index >= 15 is 0 Å². The van der Waals surface area contributed by atoms with Crippen LogP contribution in [0.15, 0.2) is 71.3 Å². The van der Waals surface area contributed by atoms with E-state index in [4.69, 9.17) is 5.73 Å². The molecule has 0 atom stereocenters. The summed E-state index contributed by atoms with van der Waals surface area (Å²) in [5, 5.41) is 0. The highest BCUT2D eigenvalue weighted by molar-refractivity contribution is 8.03. The highest BCUT2D eigenvalue weighted by atomic mass is 32.2. The molecule has 0 aromatic heterocycles. The smallest absolute Gasteiger partial charge is 0.0729 e. The summed E-state index contributed by atoms with van der Waals surface area (Å²) in [5.74, 6) is 1.07. The Bertz CT molecular complexity index is 625. The molecule has 120 valence electrons. The molecule has 0 amide bonds. The van der Waals surface area contributed by atoms with Crippen LogP contribution in [0.5, 0.6) is 0 Å². The van der Waals surface area contributed by atoms with Gasteiger partial charge in [0.05, 0.1) is 5.88 Å². The number of nitrogens with two attached hydrogens (primary N) is 1. The lowest BCUT2D eigenvalue weighted by Crippen LogP contribution is -2.21. The molecule has 0 spiro atoms. The first kappa shape index (κ1) is 16.2. The van der Waals surface area contributed by atoms with Crippen molar-refractivity contribution < 1.29 is 0 Å². The molecule has 2 aromatic rings. The zero-order valence-corrected chi connectivity index (χ0v) is 14.3. The molecule has 23 heavy (non-hydrogen) atoms. The number of hydrogen-bond acceptors (Lipinski definition) is 3. The third kappa shape index (κ3) is 3.98. The molecule has 0 bridgehead atoms. The maximum Gasteiger partial charge on any atom is 0.0729 e. The Morgan fingerprint density at radius 1 is 0.870 bits per heavy atom. The van der Waals surface area contributed by atoms with Crippen LogP contribution in [-0.4, -0.2) is 5.88 Å². The van der Waals surface area contributed by atoms with Gasteiger partial charge in [-0.3, -0.25) is 0 Å². The number of benzene rings is 2. The van der Waals surface area contributed by atoms with Gasteiger partial charge in [-0.2, -0.15) is 0 Å². The van der Waals surface area contributed by atoms with Crippen molar-refractivity contribution in [1.82, 2.24) is 0 Å². The van der Waals surface area contributed by atoms with Gasteiger partial charge in [0, 0.05) is 22.8 Å². The molecule has 0 radical (unpaired) electrons. The van der Waals surface area contributed by atoms with E-state index in [1.807, 2.05) is 48.2 Å². The second kappa shape index (κ2) is 8.23. The summed E-state index contributed by atoms with van der Waals surface area (Å²) >= 11 is 2.01. The van der Waals surface area contributed by atoms with Crippen LogP contribution in [0.3, 0.4) is 0 Å². The summed E-state index contributed by atoms with van der Waals surface area (Å²) in [6.07, 6.45) is 5.21. The Balaban J connectivity index is 0.000000220. The maximum absolute atomic E-state index is 5.84. The van der Waals surface area contributed by atoms with Gasteiger partial charge in [-0.1, -0.05) is 54.6 Å². The fourth-order valence-electron chi connectivity index (χ4n) is 3.07. The van der Waals surface area contributed by atoms with E-state index in [1.54, 1.807) is 10.6 Å². The number of thioether (sulfide) groups is 1. The van der Waals surface area contributed by atoms with Crippen molar-refractivity contribution in [2.75, 3.05) is 10.8 Å². The standard InChI is InChI=1S/C14H18N2S.C6H6/c15-9-11-5-1-2-6-12(11)16-10-17-14-8-4-3-7-13(14)16;1-2-4-6-5-3-1/h1-2,5-6H,3-4,7-10,15H2;1-6H. The van der Waals surface area contributed by atoms with Gasteiger partial charge in [0.25, 0.3) is 0 Å². The van der Waals surface area contributed by atoms with Gasteiger partial charge >= 0.3 is 0 Å². The zero-order valence-electron chi connectivity index (χ0n) is 13.4. The fraction of sp³-hybridized carbons (Fsp3) is 0.300. The Labute approximate surface area is 143 Å². The van der Waals surface area contributed by atoms with Crippen molar-refractivity contribution in [2.24, 2.45) is 5.73 Å². The molecule has 3 heteroatoms. The number of nitrogens with zero attached hydrogens (tertiary/aromatic N) is 1. The van der Waals surface area contributed by atoms with E-state index in [-0.39, 0.29) is 0 Å². The average molecular weight is 324 g/mol. The topological polar surface area (TPSA) is 29.3 Å². The lowest BCUT2D eigenvalue weighted by Gasteiger charge is -2.26. The molecule has 1 aliphatic carbocycles. The van der Waals surface area contributed by atoms with Crippen LogP contribution in [0.4, 0.5) is 5.69 Å². The minimum atomic E-state index is 0.625. The molecule has 0 saturated heterocycles. The summed E-state index contributed by atoms with van der Waals surface area (Å²) in [6.45, 7) is 0.625. The molecule has 2 aromatic carbocycles. The summed E-state index contributed by atoms with van der Waals surface area (Å²) in [6, 6.07) is 20.5. The van der Waals surface area contributed by atoms with Crippen molar-refractivity contribution in [3.63, 3.8) is 0 Å². The second-order valence-electron chi connectivity index (χ2n) is 5.77. The lowest BCUT2D eigenvalue weighted by molar-refractivity contribution is 0.683. The van der Waals surface area contributed by atoms with E-state index in [9.17, 15) is 0 Å². The SMILES string of the molecule is NCc1ccccc1N1CSC2=C1CCCC2.c1ccccc1. The van der Waals surface area contributed by atoms with Crippen molar-refractivity contribution in [3.05, 3.63) is 76.8 Å². The minimum absolute atomic E-state index is 0.625. The van der Waals surface area contributed by atoms with E-state index in [1.165, 1.54) is 36.9 Å². The molecule has 0 saturated carbocycles. The summed E-state index contributed by atoms with van der Waals surface area (Å²) in [7, 11) is 0. The van der Waals surface area contributed by atoms with Crippen LogP contribution in [0.25, 0.3) is 0 Å². The van der Waals surface area contributed by atoms with Gasteiger partial charge in [0.2, 0.25) is 0 Å². The quantitative estimate of drug-likeness (QED) is 0.830. The van der Waals surface area contributed by atoms with E-state index in [0.717, 1.165) is 5.88 Å². The van der Waals surface area contributed by atoms with Crippen molar-refractivity contribution in [1.29, 1.82) is 0 Å². The van der Waals surface area contributed by atoms with Crippen LogP contribution in [0, 0.1) is 0 Å². The molecular weight excluding hydrogens is 300 g/mol. The van der Waals surface area contributed by atoms with E-state index in [0.29, 0.717) is 6.54 Å². The normalized spacial score (nSPS) is 16.7. The Kier molecular flexibility index (Phi) is 5.78. The first-order valence-corrected chi connectivity index (χ1v) is 9.29. The molecule has 4 rings (SSSR count). The van der Waals surface area contributed by atoms with E-state index < -0.39 is 0 Å². The van der Waals surface area contributed by atoms with Crippen LogP contribution >= 0.6 is 11.8 Å². The van der Waals surface area contributed by atoms with Gasteiger partial charge in [0.15, 0.2) is 0 Å². The van der Waals surface area contributed by atoms with Gasteiger partial charge in [-0.05, 0) is 37.3 Å². The first-order chi connectivity index (χ1) is 11.4. The second-order valence-corrected chi connectivity index (χ2v) is 6.81. The molecule has 1 aliphatic heterocycles. The van der Waals surface area contributed by atoms with Gasteiger partial charge in [-0.25, -0.2) is 0 Å². The number of hydrogen-bond donors (Lipinski definition) is 1. The molecule has 0 fully saturated rings. The third-order valence-corrected chi connectivity index (χ3v) is 5.43. The molecule has 0 unspecified atom stereocenters. The monoisotopic (exact) mass is 324 g/mol. The van der Waals surface area contributed by atoms with Crippen LogP contribution in [0.1, 0.15) is 31.2 Å². The average Bonchev–Trinajstić information content (AvgIpc) is 3.07. The zero-order chi connectivity index (χ0) is 15.9. The third-order valence-electron chi connectivity index (χ3n) is 4.25. The predicted octanol–water partition coefficient (Wildman–Crippen LogP) is 5.13. The molecule has 2 aliphatic rings. The highest BCUT2D eigenvalue weighted by Gasteiger charge is 2.27. The number of rotatable bonds is 2. The van der Waals surface area contributed by atoms with Crippen molar-refractivity contribution in [3.8, 4) is 0 Å². The maximum atomic E-state index is 5.84. The number of allylic oxidation sites excluding steroid dienone is 2. The largest absolute Gasteiger partial charge is 0.334 e.